The molecule has 33 heavy (non-hydrogen) atoms. The van der Waals surface area contributed by atoms with Crippen LogP contribution in [0.2, 0.25) is 0 Å². The minimum Gasteiger partial charge on any atom is -0.497 e. The molecule has 7 heteroatoms. The Bertz CT molecular complexity index is 1120. The maximum atomic E-state index is 5.72. The van der Waals surface area contributed by atoms with Crippen LogP contribution in [0.4, 0.5) is 0 Å². The van der Waals surface area contributed by atoms with E-state index in [4.69, 9.17) is 23.9 Å². The molecule has 1 aliphatic carbocycles. The molecule has 0 bridgehead atoms. The molecule has 0 saturated carbocycles. The summed E-state index contributed by atoms with van der Waals surface area (Å²) in [6.07, 6.45) is 7.27. The van der Waals surface area contributed by atoms with Crippen LogP contribution in [-0.4, -0.2) is 39.9 Å². The Kier molecular flexibility index (Phi) is 7.18. The van der Waals surface area contributed by atoms with Crippen LogP contribution in [0, 0.1) is 0 Å². The summed E-state index contributed by atoms with van der Waals surface area (Å²) in [5.41, 5.74) is 5.75. The molecule has 0 radical (unpaired) electrons. The van der Waals surface area contributed by atoms with Crippen LogP contribution in [0.25, 0.3) is 6.08 Å². The molecule has 2 aliphatic rings. The molecule has 174 valence electrons. The van der Waals surface area contributed by atoms with E-state index in [9.17, 15) is 0 Å². The van der Waals surface area contributed by atoms with E-state index in [1.807, 2.05) is 36.6 Å². The molecule has 0 amide bonds. The highest BCUT2D eigenvalue weighted by atomic mass is 32.2. The summed E-state index contributed by atoms with van der Waals surface area (Å²) in [6.45, 7) is 0. The molecule has 0 fully saturated rings. The Morgan fingerprint density at radius 1 is 0.909 bits per heavy atom. The van der Waals surface area contributed by atoms with Crippen molar-refractivity contribution >= 4 is 23.0 Å². The van der Waals surface area contributed by atoms with E-state index in [1.165, 1.54) is 11.1 Å². The summed E-state index contributed by atoms with van der Waals surface area (Å²) in [7, 11) is 6.70. The zero-order valence-electron chi connectivity index (χ0n) is 19.7. The van der Waals surface area contributed by atoms with Crippen molar-refractivity contribution in [1.29, 1.82) is 0 Å². The lowest BCUT2D eigenvalue weighted by atomic mass is 9.83. The number of ether oxygens (including phenoxy) is 4. The minimum atomic E-state index is -0.106. The first-order valence-electron chi connectivity index (χ1n) is 10.9. The summed E-state index contributed by atoms with van der Waals surface area (Å²) in [5, 5.41) is 4.48. The van der Waals surface area contributed by atoms with Crippen LogP contribution in [0.3, 0.4) is 0 Å². The first-order chi connectivity index (χ1) is 16.1. The first-order valence-corrected chi connectivity index (χ1v) is 12.1. The van der Waals surface area contributed by atoms with Gasteiger partial charge in [-0.15, -0.1) is 0 Å². The number of amidine groups is 1. The molecule has 2 aromatic carbocycles. The number of hydrogen-bond donors (Lipinski definition) is 1. The van der Waals surface area contributed by atoms with Gasteiger partial charge in [0.25, 0.3) is 0 Å². The second-order valence-electron chi connectivity index (χ2n) is 7.81. The van der Waals surface area contributed by atoms with Gasteiger partial charge in [0.15, 0.2) is 5.17 Å². The Hall–Kier alpha value is -3.06. The minimum absolute atomic E-state index is 0.106. The summed E-state index contributed by atoms with van der Waals surface area (Å²) < 4.78 is 22.1. The van der Waals surface area contributed by atoms with Crippen molar-refractivity contribution in [2.75, 3.05) is 34.7 Å². The normalized spacial score (nSPS) is 18.9. The molecule has 1 heterocycles. The standard InChI is InChI=1S/C26H30N2O4S/c1-29-18-10-9-16(22(14-18)31-3)13-17-7-6-8-21-24(17)27-26(33-5)28-25(21)20-12-11-19(30-2)15-23(20)32-4/h9-15,25H,6-8H2,1-5H3,(H,27,28). The van der Waals surface area contributed by atoms with Crippen molar-refractivity contribution in [2.24, 2.45) is 4.99 Å². The fraction of sp³-hybridized carbons (Fsp3) is 0.346. The number of methoxy groups -OCH3 is 4. The largest absolute Gasteiger partial charge is 0.497 e. The number of aliphatic imine (C=N–C) groups is 1. The Morgan fingerprint density at radius 2 is 1.61 bits per heavy atom. The predicted molar refractivity (Wildman–Crippen MR) is 135 cm³/mol. The molecule has 0 spiro atoms. The van der Waals surface area contributed by atoms with Crippen LogP contribution in [0.15, 0.2) is 58.2 Å². The van der Waals surface area contributed by atoms with Gasteiger partial charge < -0.3 is 24.3 Å². The summed E-state index contributed by atoms with van der Waals surface area (Å²) in [5.74, 6) is 3.11. The fourth-order valence-electron chi connectivity index (χ4n) is 4.37. The van der Waals surface area contributed by atoms with Gasteiger partial charge in [-0.1, -0.05) is 11.8 Å². The molecule has 1 atom stereocenters. The van der Waals surface area contributed by atoms with E-state index >= 15 is 0 Å². The molecular formula is C26H30N2O4S. The third-order valence-electron chi connectivity index (χ3n) is 6.04. The van der Waals surface area contributed by atoms with Crippen LogP contribution in [-0.2, 0) is 0 Å². The van der Waals surface area contributed by atoms with Gasteiger partial charge in [0.2, 0.25) is 0 Å². The van der Waals surface area contributed by atoms with Crippen molar-refractivity contribution < 1.29 is 18.9 Å². The molecule has 1 unspecified atom stereocenters. The summed E-state index contributed by atoms with van der Waals surface area (Å²) in [4.78, 5) is 5.04. The van der Waals surface area contributed by atoms with E-state index < -0.39 is 0 Å². The van der Waals surface area contributed by atoms with Crippen LogP contribution in [0.5, 0.6) is 23.0 Å². The molecule has 1 N–H and O–H groups in total. The van der Waals surface area contributed by atoms with Gasteiger partial charge >= 0.3 is 0 Å². The van der Waals surface area contributed by atoms with Gasteiger partial charge in [0.1, 0.15) is 29.0 Å². The van der Waals surface area contributed by atoms with Crippen LogP contribution >= 0.6 is 11.8 Å². The maximum Gasteiger partial charge on any atom is 0.161 e. The lowest BCUT2D eigenvalue weighted by Gasteiger charge is -2.33. The van der Waals surface area contributed by atoms with E-state index in [0.717, 1.165) is 64.3 Å². The van der Waals surface area contributed by atoms with Gasteiger partial charge in [-0.05, 0) is 67.0 Å². The van der Waals surface area contributed by atoms with Crippen molar-refractivity contribution in [1.82, 2.24) is 5.32 Å². The Morgan fingerprint density at radius 3 is 2.27 bits per heavy atom. The predicted octanol–water partition coefficient (Wildman–Crippen LogP) is 5.61. The Labute approximate surface area is 199 Å². The number of nitrogens with zero attached hydrogens (tertiary/aromatic N) is 1. The maximum absolute atomic E-state index is 5.72. The molecule has 0 aromatic heterocycles. The molecular weight excluding hydrogens is 436 g/mol. The second kappa shape index (κ2) is 10.3. The van der Waals surface area contributed by atoms with E-state index in [1.54, 1.807) is 40.2 Å². The zero-order chi connectivity index (χ0) is 23.4. The van der Waals surface area contributed by atoms with Crippen molar-refractivity contribution in [3.8, 4) is 23.0 Å². The number of hydrogen-bond acceptors (Lipinski definition) is 7. The molecule has 1 aliphatic heterocycles. The van der Waals surface area contributed by atoms with Gasteiger partial charge in [0, 0.05) is 29.0 Å². The Balaban J connectivity index is 1.81. The van der Waals surface area contributed by atoms with E-state index in [-0.39, 0.29) is 6.04 Å². The number of thioether (sulfide) groups is 1. The second-order valence-corrected chi connectivity index (χ2v) is 8.60. The first kappa shape index (κ1) is 23.1. The van der Waals surface area contributed by atoms with Crippen molar-refractivity contribution in [3.63, 3.8) is 0 Å². The molecule has 6 nitrogen and oxygen atoms in total. The summed E-state index contributed by atoms with van der Waals surface area (Å²) in [6, 6.07) is 11.8. The number of nitrogens with one attached hydrogen (secondary N) is 1. The number of allylic oxidation sites excluding steroid dienone is 1. The highest BCUT2D eigenvalue weighted by Gasteiger charge is 2.31. The molecule has 0 saturated heterocycles. The smallest absolute Gasteiger partial charge is 0.161 e. The van der Waals surface area contributed by atoms with Gasteiger partial charge in [-0.2, -0.15) is 0 Å². The van der Waals surface area contributed by atoms with Crippen LogP contribution < -0.4 is 24.3 Å². The number of benzene rings is 2. The summed E-state index contributed by atoms with van der Waals surface area (Å²) >= 11 is 1.61. The SMILES string of the molecule is COc1ccc(C=C2CCCC3=C2NC(SC)=NC3c2ccc(OC)cc2OC)c(OC)c1. The van der Waals surface area contributed by atoms with Gasteiger partial charge in [0.05, 0.1) is 28.4 Å². The van der Waals surface area contributed by atoms with Crippen LogP contribution in [0.1, 0.15) is 36.4 Å². The lowest BCUT2D eigenvalue weighted by Crippen LogP contribution is -2.31. The monoisotopic (exact) mass is 466 g/mol. The van der Waals surface area contributed by atoms with Gasteiger partial charge in [-0.25, -0.2) is 4.99 Å². The zero-order valence-corrected chi connectivity index (χ0v) is 20.5. The third-order valence-corrected chi connectivity index (χ3v) is 6.64. The van der Waals surface area contributed by atoms with E-state index in [0.29, 0.717) is 0 Å². The molecule has 4 rings (SSSR count). The van der Waals surface area contributed by atoms with E-state index in [2.05, 4.69) is 17.5 Å². The average Bonchev–Trinajstić information content (AvgIpc) is 2.88. The topological polar surface area (TPSA) is 61.3 Å². The van der Waals surface area contributed by atoms with Gasteiger partial charge in [-0.3, -0.25) is 0 Å². The highest BCUT2D eigenvalue weighted by molar-refractivity contribution is 8.13. The number of rotatable bonds is 6. The third kappa shape index (κ3) is 4.69. The highest BCUT2D eigenvalue weighted by Crippen LogP contribution is 2.45. The average molecular weight is 467 g/mol. The molecule has 2 aromatic rings. The quantitative estimate of drug-likeness (QED) is 0.597. The fourth-order valence-corrected chi connectivity index (χ4v) is 4.78. The van der Waals surface area contributed by atoms with Crippen molar-refractivity contribution in [2.45, 2.75) is 25.3 Å². The lowest BCUT2D eigenvalue weighted by molar-refractivity contribution is 0.389. The van der Waals surface area contributed by atoms with Crippen molar-refractivity contribution in [3.05, 3.63) is 64.4 Å².